The van der Waals surface area contributed by atoms with Crippen LogP contribution < -0.4 is 0 Å². The first kappa shape index (κ1) is 15.1. The van der Waals surface area contributed by atoms with Gasteiger partial charge in [-0.3, -0.25) is 0 Å². The summed E-state index contributed by atoms with van der Waals surface area (Å²) >= 11 is 11.8. The van der Waals surface area contributed by atoms with Gasteiger partial charge in [0.15, 0.2) is 9.84 Å². The molecule has 6 heteroatoms. The zero-order valence-corrected chi connectivity index (χ0v) is 12.7. The van der Waals surface area contributed by atoms with Gasteiger partial charge < -0.3 is 5.11 Å². The normalized spacial score (nSPS) is 24.4. The maximum absolute atomic E-state index is 12.4. The molecule has 106 valence electrons. The molecule has 0 spiro atoms. The monoisotopic (exact) mass is 322 g/mol. The Bertz CT molecular complexity index is 557. The zero-order valence-electron chi connectivity index (χ0n) is 10.4. The van der Waals surface area contributed by atoms with Crippen molar-refractivity contribution < 1.29 is 13.5 Å². The molecule has 0 radical (unpaired) electrons. The summed E-state index contributed by atoms with van der Waals surface area (Å²) in [5.74, 6) is -0.148. The lowest BCUT2D eigenvalue weighted by Gasteiger charge is -2.27. The fraction of sp³-hybridized carbons (Fsp3) is 0.538. The van der Waals surface area contributed by atoms with Crippen molar-refractivity contribution in [2.75, 3.05) is 0 Å². The third-order valence-corrected chi connectivity index (χ3v) is 6.27. The Kier molecular flexibility index (Phi) is 4.77. The van der Waals surface area contributed by atoms with Crippen molar-refractivity contribution in [2.24, 2.45) is 0 Å². The number of aliphatic hydroxyl groups excluding tert-OH is 1. The summed E-state index contributed by atoms with van der Waals surface area (Å²) in [4.78, 5) is 0. The average Bonchev–Trinajstić information content (AvgIpc) is 2.33. The van der Waals surface area contributed by atoms with E-state index in [2.05, 4.69) is 0 Å². The van der Waals surface area contributed by atoms with E-state index in [0.717, 1.165) is 12.8 Å². The Hall–Kier alpha value is -0.290. The molecule has 1 saturated carbocycles. The minimum absolute atomic E-state index is 0.148. The number of rotatable bonds is 3. The summed E-state index contributed by atoms with van der Waals surface area (Å²) < 4.78 is 24.7. The number of benzene rings is 1. The van der Waals surface area contributed by atoms with Gasteiger partial charge in [0.1, 0.15) is 0 Å². The molecule has 1 aliphatic rings. The van der Waals surface area contributed by atoms with E-state index < -0.39 is 21.2 Å². The van der Waals surface area contributed by atoms with Crippen LogP contribution in [0.15, 0.2) is 18.2 Å². The van der Waals surface area contributed by atoms with Crippen LogP contribution in [0.4, 0.5) is 0 Å². The lowest BCUT2D eigenvalue weighted by molar-refractivity contribution is 0.133. The molecule has 19 heavy (non-hydrogen) atoms. The third kappa shape index (κ3) is 3.63. The number of sulfone groups is 1. The zero-order chi connectivity index (χ0) is 14.0. The maximum atomic E-state index is 12.4. The molecule has 2 rings (SSSR count). The van der Waals surface area contributed by atoms with E-state index in [0.29, 0.717) is 28.5 Å². The number of aliphatic hydroxyl groups is 1. The number of halogens is 2. The molecule has 0 saturated heterocycles. The van der Waals surface area contributed by atoms with Crippen molar-refractivity contribution in [3.05, 3.63) is 33.8 Å². The first-order chi connectivity index (χ1) is 8.90. The molecule has 1 aromatic carbocycles. The highest BCUT2D eigenvalue weighted by atomic mass is 35.5. The van der Waals surface area contributed by atoms with E-state index in [1.54, 1.807) is 12.1 Å². The predicted molar refractivity (Wildman–Crippen MR) is 77.3 cm³/mol. The highest BCUT2D eigenvalue weighted by Crippen LogP contribution is 2.29. The second kappa shape index (κ2) is 6.00. The van der Waals surface area contributed by atoms with Gasteiger partial charge in [0.2, 0.25) is 0 Å². The van der Waals surface area contributed by atoms with Gasteiger partial charge in [0, 0.05) is 10.0 Å². The Morgan fingerprint density at radius 3 is 2.53 bits per heavy atom. The first-order valence-electron chi connectivity index (χ1n) is 6.24. The maximum Gasteiger partial charge on any atom is 0.159 e. The average molecular weight is 323 g/mol. The second-order valence-electron chi connectivity index (χ2n) is 4.93. The molecular formula is C13H16Cl2O3S. The minimum atomic E-state index is -3.40. The van der Waals surface area contributed by atoms with Crippen molar-refractivity contribution in [3.8, 4) is 0 Å². The Morgan fingerprint density at radius 2 is 1.89 bits per heavy atom. The van der Waals surface area contributed by atoms with Crippen LogP contribution in [0.3, 0.4) is 0 Å². The molecule has 0 heterocycles. The highest BCUT2D eigenvalue weighted by molar-refractivity contribution is 7.91. The molecule has 0 unspecified atom stereocenters. The van der Waals surface area contributed by atoms with Crippen molar-refractivity contribution in [1.29, 1.82) is 0 Å². The lowest BCUT2D eigenvalue weighted by atomic mass is 9.97. The van der Waals surface area contributed by atoms with Crippen LogP contribution in [0.2, 0.25) is 10.0 Å². The Balaban J connectivity index is 2.20. The van der Waals surface area contributed by atoms with Crippen LogP contribution >= 0.6 is 23.2 Å². The molecule has 3 nitrogen and oxygen atoms in total. The second-order valence-corrected chi connectivity index (χ2v) is 8.00. The lowest BCUT2D eigenvalue weighted by Crippen LogP contribution is -2.37. The highest BCUT2D eigenvalue weighted by Gasteiger charge is 2.34. The van der Waals surface area contributed by atoms with Gasteiger partial charge in [0.05, 0.1) is 17.1 Å². The van der Waals surface area contributed by atoms with Crippen molar-refractivity contribution in [1.82, 2.24) is 0 Å². The smallest absolute Gasteiger partial charge is 0.159 e. The van der Waals surface area contributed by atoms with Crippen LogP contribution in [-0.4, -0.2) is 24.9 Å². The van der Waals surface area contributed by atoms with Gasteiger partial charge in [-0.2, -0.15) is 0 Å². The van der Waals surface area contributed by atoms with Crippen molar-refractivity contribution in [2.45, 2.75) is 42.8 Å². The van der Waals surface area contributed by atoms with Crippen LogP contribution in [0.25, 0.3) is 0 Å². The van der Waals surface area contributed by atoms with E-state index >= 15 is 0 Å². The molecular weight excluding hydrogens is 307 g/mol. The molecule has 0 amide bonds. The van der Waals surface area contributed by atoms with Crippen LogP contribution in [0, 0.1) is 0 Å². The van der Waals surface area contributed by atoms with E-state index in [4.69, 9.17) is 23.2 Å². The van der Waals surface area contributed by atoms with Crippen molar-refractivity contribution in [3.63, 3.8) is 0 Å². The summed E-state index contributed by atoms with van der Waals surface area (Å²) in [6, 6.07) is 4.78. The fourth-order valence-electron chi connectivity index (χ4n) is 2.46. The van der Waals surface area contributed by atoms with E-state index in [-0.39, 0.29) is 5.75 Å². The van der Waals surface area contributed by atoms with E-state index in [1.807, 2.05) is 0 Å². The van der Waals surface area contributed by atoms with Crippen LogP contribution in [-0.2, 0) is 15.6 Å². The van der Waals surface area contributed by atoms with Gasteiger partial charge >= 0.3 is 0 Å². The van der Waals surface area contributed by atoms with Gasteiger partial charge in [0.25, 0.3) is 0 Å². The molecule has 1 fully saturated rings. The minimum Gasteiger partial charge on any atom is -0.392 e. The summed E-state index contributed by atoms with van der Waals surface area (Å²) in [6.07, 6.45) is 2.04. The standard InChI is InChI=1S/C13H16Cl2O3S/c14-10-6-5-9(11(15)7-10)8-19(17,18)13-4-2-1-3-12(13)16/h5-7,12-13,16H,1-4,8H2/t12-,13+/m1/s1. The van der Waals surface area contributed by atoms with Crippen molar-refractivity contribution >= 4 is 33.0 Å². The molecule has 0 aromatic heterocycles. The number of hydrogen-bond acceptors (Lipinski definition) is 3. The Labute approximate surface area is 123 Å². The van der Waals surface area contributed by atoms with Gasteiger partial charge in [-0.25, -0.2) is 8.42 Å². The fourth-order valence-corrected chi connectivity index (χ4v) is 5.05. The first-order valence-corrected chi connectivity index (χ1v) is 8.71. The van der Waals surface area contributed by atoms with Gasteiger partial charge in [-0.1, -0.05) is 42.1 Å². The third-order valence-electron chi connectivity index (χ3n) is 3.50. The summed E-state index contributed by atoms with van der Waals surface area (Å²) in [5, 5.41) is 10.0. The molecule has 0 aliphatic heterocycles. The van der Waals surface area contributed by atoms with Gasteiger partial charge in [-0.05, 0) is 30.5 Å². The van der Waals surface area contributed by atoms with Crippen LogP contribution in [0.5, 0.6) is 0 Å². The van der Waals surface area contributed by atoms with E-state index in [9.17, 15) is 13.5 Å². The van der Waals surface area contributed by atoms with Gasteiger partial charge in [-0.15, -0.1) is 0 Å². The SMILES string of the molecule is O=S(=O)(Cc1ccc(Cl)cc1Cl)[C@H]1CCCC[C@H]1O. The molecule has 0 bridgehead atoms. The van der Waals surface area contributed by atoms with E-state index in [1.165, 1.54) is 6.07 Å². The summed E-state index contributed by atoms with van der Waals surface area (Å²) in [6.45, 7) is 0. The molecule has 1 aromatic rings. The molecule has 2 atom stereocenters. The van der Waals surface area contributed by atoms with Crippen LogP contribution in [0.1, 0.15) is 31.2 Å². The quantitative estimate of drug-likeness (QED) is 0.929. The Morgan fingerprint density at radius 1 is 1.21 bits per heavy atom. The summed E-state index contributed by atoms with van der Waals surface area (Å²) in [7, 11) is -3.40. The molecule has 1 N–H and O–H groups in total. The largest absolute Gasteiger partial charge is 0.392 e. The number of hydrogen-bond donors (Lipinski definition) is 1. The topological polar surface area (TPSA) is 54.4 Å². The molecule has 1 aliphatic carbocycles. The predicted octanol–water partition coefficient (Wildman–Crippen LogP) is 3.21. The summed E-state index contributed by atoms with van der Waals surface area (Å²) in [5.41, 5.74) is 0.531.